The number of anilines is 1. The van der Waals surface area contributed by atoms with Gasteiger partial charge in [-0.3, -0.25) is 14.5 Å². The molecular formula is C11H13N5O. The molecule has 0 spiro atoms. The highest BCUT2D eigenvalue weighted by atomic mass is 16.1. The van der Waals surface area contributed by atoms with E-state index in [1.807, 2.05) is 12.1 Å². The van der Waals surface area contributed by atoms with Gasteiger partial charge in [0.25, 0.3) is 5.91 Å². The van der Waals surface area contributed by atoms with Crippen LogP contribution in [0, 0.1) is 0 Å². The Morgan fingerprint density at radius 3 is 2.76 bits per heavy atom. The molecule has 0 saturated heterocycles. The van der Waals surface area contributed by atoms with E-state index in [0.717, 1.165) is 5.56 Å². The van der Waals surface area contributed by atoms with Gasteiger partial charge in [0.05, 0.1) is 5.69 Å². The summed E-state index contributed by atoms with van der Waals surface area (Å²) in [5.74, 6) is -0.278. The number of rotatable bonds is 3. The maximum Gasteiger partial charge on any atom is 0.274 e. The number of hydrogen-bond donors (Lipinski definition) is 2. The van der Waals surface area contributed by atoms with Crippen molar-refractivity contribution in [1.29, 1.82) is 0 Å². The van der Waals surface area contributed by atoms with Crippen LogP contribution >= 0.6 is 0 Å². The van der Waals surface area contributed by atoms with E-state index in [4.69, 9.17) is 5.73 Å². The summed E-state index contributed by atoms with van der Waals surface area (Å²) >= 11 is 0. The Bertz CT molecular complexity index is 520. The molecule has 0 bridgehead atoms. The number of nitrogens with zero attached hydrogens (tertiary/aromatic N) is 3. The smallest absolute Gasteiger partial charge is 0.274 e. The summed E-state index contributed by atoms with van der Waals surface area (Å²) in [5, 5.41) is 6.74. The van der Waals surface area contributed by atoms with Crippen LogP contribution in [0.4, 0.5) is 5.69 Å². The lowest BCUT2D eigenvalue weighted by atomic mass is 10.2. The Balaban J connectivity index is 2.01. The molecule has 88 valence electrons. The minimum atomic E-state index is -0.278. The van der Waals surface area contributed by atoms with Gasteiger partial charge in [-0.05, 0) is 17.7 Å². The van der Waals surface area contributed by atoms with Crippen molar-refractivity contribution in [3.05, 3.63) is 42.0 Å². The second-order valence-electron chi connectivity index (χ2n) is 3.64. The van der Waals surface area contributed by atoms with Gasteiger partial charge >= 0.3 is 0 Å². The van der Waals surface area contributed by atoms with Crippen LogP contribution < -0.4 is 11.1 Å². The van der Waals surface area contributed by atoms with Crippen LogP contribution in [0.15, 0.2) is 30.7 Å². The second-order valence-corrected chi connectivity index (χ2v) is 3.64. The Morgan fingerprint density at radius 2 is 2.18 bits per heavy atom. The topological polar surface area (TPSA) is 85.8 Å². The lowest BCUT2D eigenvalue weighted by Gasteiger charge is -2.03. The van der Waals surface area contributed by atoms with Crippen molar-refractivity contribution in [3.63, 3.8) is 0 Å². The molecule has 2 aromatic heterocycles. The number of aromatic nitrogens is 3. The quantitative estimate of drug-likeness (QED) is 0.797. The van der Waals surface area contributed by atoms with Gasteiger partial charge in [-0.1, -0.05) is 0 Å². The molecule has 17 heavy (non-hydrogen) atoms. The second kappa shape index (κ2) is 4.65. The van der Waals surface area contributed by atoms with Gasteiger partial charge in [-0.15, -0.1) is 0 Å². The van der Waals surface area contributed by atoms with Crippen molar-refractivity contribution in [2.75, 3.05) is 5.73 Å². The van der Waals surface area contributed by atoms with E-state index >= 15 is 0 Å². The molecule has 6 nitrogen and oxygen atoms in total. The molecule has 0 fully saturated rings. The third-order valence-corrected chi connectivity index (χ3v) is 2.27. The van der Waals surface area contributed by atoms with Crippen LogP contribution in [0.5, 0.6) is 0 Å². The maximum absolute atomic E-state index is 11.8. The van der Waals surface area contributed by atoms with Crippen molar-refractivity contribution in [2.45, 2.75) is 6.54 Å². The highest BCUT2D eigenvalue weighted by Crippen LogP contribution is 2.07. The zero-order valence-corrected chi connectivity index (χ0v) is 9.42. The summed E-state index contributed by atoms with van der Waals surface area (Å²) in [6.45, 7) is 0.428. The minimum absolute atomic E-state index is 0.251. The number of aryl methyl sites for hydroxylation is 1. The maximum atomic E-state index is 11.8. The molecule has 3 N–H and O–H groups in total. The number of carbonyl (C=O) groups excluding carboxylic acids is 1. The van der Waals surface area contributed by atoms with Crippen LogP contribution in [0.3, 0.4) is 0 Å². The van der Waals surface area contributed by atoms with Gasteiger partial charge in [0.2, 0.25) is 0 Å². The fourth-order valence-electron chi connectivity index (χ4n) is 1.45. The first kappa shape index (κ1) is 11.1. The number of hydrogen-bond acceptors (Lipinski definition) is 4. The molecule has 0 radical (unpaired) electrons. The molecule has 0 aliphatic rings. The van der Waals surface area contributed by atoms with E-state index in [1.165, 1.54) is 4.68 Å². The van der Waals surface area contributed by atoms with E-state index < -0.39 is 0 Å². The van der Waals surface area contributed by atoms with Gasteiger partial charge in [0, 0.05) is 32.2 Å². The lowest BCUT2D eigenvalue weighted by molar-refractivity contribution is 0.0946. The monoisotopic (exact) mass is 231 g/mol. The average Bonchev–Trinajstić information content (AvgIpc) is 2.67. The van der Waals surface area contributed by atoms with Gasteiger partial charge in [0.1, 0.15) is 0 Å². The Morgan fingerprint density at radius 1 is 1.47 bits per heavy atom. The highest BCUT2D eigenvalue weighted by molar-refractivity contribution is 5.96. The Kier molecular flexibility index (Phi) is 3.04. The van der Waals surface area contributed by atoms with Crippen molar-refractivity contribution in [1.82, 2.24) is 20.1 Å². The van der Waals surface area contributed by atoms with E-state index in [0.29, 0.717) is 12.2 Å². The summed E-state index contributed by atoms with van der Waals surface area (Å²) in [6.07, 6.45) is 4.95. The SMILES string of the molecule is Cn1cc(N)c(C(=O)NCc2ccncc2)n1. The molecule has 2 rings (SSSR count). The first-order chi connectivity index (χ1) is 8.16. The van der Waals surface area contributed by atoms with Crippen LogP contribution in [-0.4, -0.2) is 20.7 Å². The highest BCUT2D eigenvalue weighted by Gasteiger charge is 2.13. The molecular weight excluding hydrogens is 218 g/mol. The molecule has 1 amide bonds. The third kappa shape index (κ3) is 2.60. The molecule has 0 atom stereocenters. The van der Waals surface area contributed by atoms with Crippen molar-refractivity contribution >= 4 is 11.6 Å². The van der Waals surface area contributed by atoms with E-state index in [-0.39, 0.29) is 11.6 Å². The summed E-state index contributed by atoms with van der Waals surface area (Å²) in [4.78, 5) is 15.7. The number of carbonyl (C=O) groups is 1. The zero-order valence-electron chi connectivity index (χ0n) is 9.42. The van der Waals surface area contributed by atoms with Gasteiger partial charge in [-0.2, -0.15) is 5.10 Å². The molecule has 0 aliphatic heterocycles. The molecule has 2 aromatic rings. The predicted octanol–water partition coefficient (Wildman–Crippen LogP) is 0.327. The summed E-state index contributed by atoms with van der Waals surface area (Å²) in [6, 6.07) is 3.67. The number of nitrogen functional groups attached to an aromatic ring is 1. The number of amides is 1. The molecule has 0 saturated carbocycles. The first-order valence-corrected chi connectivity index (χ1v) is 5.13. The van der Waals surface area contributed by atoms with E-state index in [2.05, 4.69) is 15.4 Å². The Labute approximate surface area is 98.5 Å². The third-order valence-electron chi connectivity index (χ3n) is 2.27. The molecule has 0 aromatic carbocycles. The van der Waals surface area contributed by atoms with Crippen molar-refractivity contribution in [2.24, 2.45) is 7.05 Å². The average molecular weight is 231 g/mol. The lowest BCUT2D eigenvalue weighted by Crippen LogP contribution is -2.24. The van der Waals surface area contributed by atoms with Crippen LogP contribution in [0.1, 0.15) is 16.1 Å². The largest absolute Gasteiger partial charge is 0.396 e. The van der Waals surface area contributed by atoms with Crippen LogP contribution in [0.2, 0.25) is 0 Å². The van der Waals surface area contributed by atoms with Crippen LogP contribution in [-0.2, 0) is 13.6 Å². The van der Waals surface area contributed by atoms with Crippen molar-refractivity contribution in [3.8, 4) is 0 Å². The molecule has 0 aliphatic carbocycles. The molecule has 6 heteroatoms. The Hall–Kier alpha value is -2.37. The minimum Gasteiger partial charge on any atom is -0.396 e. The fourth-order valence-corrected chi connectivity index (χ4v) is 1.45. The molecule has 2 heterocycles. The normalized spacial score (nSPS) is 10.2. The van der Waals surface area contributed by atoms with Gasteiger partial charge in [0.15, 0.2) is 5.69 Å². The van der Waals surface area contributed by atoms with E-state index in [9.17, 15) is 4.79 Å². The predicted molar refractivity (Wildman–Crippen MR) is 63.0 cm³/mol. The number of nitrogens with one attached hydrogen (secondary N) is 1. The van der Waals surface area contributed by atoms with Crippen LogP contribution in [0.25, 0.3) is 0 Å². The summed E-state index contributed by atoms with van der Waals surface area (Å²) in [7, 11) is 1.72. The van der Waals surface area contributed by atoms with Gasteiger partial charge in [-0.25, -0.2) is 0 Å². The zero-order chi connectivity index (χ0) is 12.3. The first-order valence-electron chi connectivity index (χ1n) is 5.13. The standard InChI is InChI=1S/C11H13N5O/c1-16-7-9(12)10(15-16)11(17)14-6-8-2-4-13-5-3-8/h2-5,7H,6,12H2,1H3,(H,14,17). The van der Waals surface area contributed by atoms with E-state index in [1.54, 1.807) is 25.6 Å². The van der Waals surface area contributed by atoms with Gasteiger partial charge < -0.3 is 11.1 Å². The fraction of sp³-hybridized carbons (Fsp3) is 0.182. The number of nitrogens with two attached hydrogens (primary N) is 1. The molecule has 0 unspecified atom stereocenters. The summed E-state index contributed by atoms with van der Waals surface area (Å²) in [5.41, 5.74) is 7.26. The number of pyridine rings is 1. The van der Waals surface area contributed by atoms with Crippen molar-refractivity contribution < 1.29 is 4.79 Å². The summed E-state index contributed by atoms with van der Waals surface area (Å²) < 4.78 is 1.51.